The molecule has 12 heavy (non-hydrogen) atoms. The van der Waals surface area contributed by atoms with E-state index in [1.807, 2.05) is 24.5 Å². The van der Waals surface area contributed by atoms with Gasteiger partial charge < -0.3 is 10.2 Å². The number of hydrogen-bond acceptors (Lipinski definition) is 1. The van der Waals surface area contributed by atoms with Crippen LogP contribution in [0.3, 0.4) is 0 Å². The molecule has 0 saturated carbocycles. The molecular formula is C9H10N2O. The quantitative estimate of drug-likeness (QED) is 0.461. The maximum atomic E-state index is 10.2. The number of pyridine rings is 1. The molecule has 2 rings (SSSR count). The Bertz CT molecular complexity index is 261. The minimum Gasteiger partial charge on any atom is -0.619 e. The molecule has 2 aromatic heterocycles. The number of nitrogens with one attached hydrogen (secondary N) is 1. The summed E-state index contributed by atoms with van der Waals surface area (Å²) in [6.45, 7) is 0. The van der Waals surface area contributed by atoms with Crippen LogP contribution in [0.25, 0.3) is 0 Å². The molecule has 0 aliphatic rings. The molecule has 0 saturated heterocycles. The van der Waals surface area contributed by atoms with Crippen molar-refractivity contribution in [1.29, 1.82) is 0 Å². The summed E-state index contributed by atoms with van der Waals surface area (Å²) in [5.74, 6) is 0. The minimum absolute atomic E-state index is 0.750. The number of hydrogen-bond donors (Lipinski definition) is 1. The molecule has 3 nitrogen and oxygen atoms in total. The van der Waals surface area contributed by atoms with Crippen molar-refractivity contribution in [3.8, 4) is 0 Å². The largest absolute Gasteiger partial charge is 0.619 e. The number of H-pyrrole nitrogens is 1. The highest BCUT2D eigenvalue weighted by Gasteiger charge is 1.75. The van der Waals surface area contributed by atoms with Crippen LogP contribution in [-0.4, -0.2) is 4.98 Å². The molecule has 0 atom stereocenters. The summed E-state index contributed by atoms with van der Waals surface area (Å²) in [6.07, 6.45) is 6.64. The summed E-state index contributed by atoms with van der Waals surface area (Å²) < 4.78 is 0.750. The van der Waals surface area contributed by atoms with Crippen molar-refractivity contribution in [2.75, 3.05) is 0 Å². The van der Waals surface area contributed by atoms with Crippen LogP contribution in [0.5, 0.6) is 0 Å². The fraction of sp³-hybridized carbons (Fsp3) is 0. The first-order chi connectivity index (χ1) is 5.89. The van der Waals surface area contributed by atoms with E-state index in [-0.39, 0.29) is 0 Å². The summed E-state index contributed by atoms with van der Waals surface area (Å²) in [5.41, 5.74) is 0. The molecule has 0 radical (unpaired) electrons. The first-order valence-electron chi connectivity index (χ1n) is 3.61. The van der Waals surface area contributed by atoms with Gasteiger partial charge in [-0.2, -0.15) is 4.73 Å². The van der Waals surface area contributed by atoms with Gasteiger partial charge in [-0.1, -0.05) is 6.07 Å². The van der Waals surface area contributed by atoms with Gasteiger partial charge in [-0.3, -0.25) is 0 Å². The molecule has 0 aliphatic carbocycles. The van der Waals surface area contributed by atoms with Gasteiger partial charge in [0.15, 0.2) is 12.4 Å². The number of rotatable bonds is 0. The Morgan fingerprint density at radius 1 is 0.833 bits per heavy atom. The van der Waals surface area contributed by atoms with Crippen molar-refractivity contribution < 1.29 is 4.73 Å². The maximum Gasteiger partial charge on any atom is 0.180 e. The lowest BCUT2D eigenvalue weighted by atomic mass is 10.5. The molecule has 0 bridgehead atoms. The first kappa shape index (κ1) is 8.33. The predicted octanol–water partition coefficient (Wildman–Crippen LogP) is 1.33. The Kier molecular flexibility index (Phi) is 3.44. The molecule has 0 aromatic carbocycles. The predicted molar refractivity (Wildman–Crippen MR) is 46.2 cm³/mol. The standard InChI is InChI=1S/C5H5NO.C4H5N/c7-6-4-2-1-3-5-6;1-2-4-5-3-1/h1-5H;1-5H. The van der Waals surface area contributed by atoms with Gasteiger partial charge in [0.25, 0.3) is 0 Å². The maximum absolute atomic E-state index is 10.2. The molecule has 0 aliphatic heterocycles. The first-order valence-corrected chi connectivity index (χ1v) is 3.61. The van der Waals surface area contributed by atoms with E-state index in [9.17, 15) is 5.21 Å². The smallest absolute Gasteiger partial charge is 0.180 e. The summed E-state index contributed by atoms with van der Waals surface area (Å²) in [4.78, 5) is 2.86. The summed E-state index contributed by atoms with van der Waals surface area (Å²) in [6, 6.07) is 9.06. The Labute approximate surface area is 70.9 Å². The zero-order valence-corrected chi connectivity index (χ0v) is 6.55. The molecule has 62 valence electrons. The molecule has 1 N–H and O–H groups in total. The monoisotopic (exact) mass is 162 g/mol. The highest BCUT2D eigenvalue weighted by atomic mass is 16.5. The lowest BCUT2D eigenvalue weighted by Crippen LogP contribution is -2.22. The lowest BCUT2D eigenvalue weighted by Gasteiger charge is -1.88. The Hall–Kier alpha value is -1.77. The molecule has 3 heteroatoms. The third kappa shape index (κ3) is 3.41. The number of aromatic amines is 1. The second-order valence-electron chi connectivity index (χ2n) is 2.12. The highest BCUT2D eigenvalue weighted by Crippen LogP contribution is 1.72. The zero-order chi connectivity index (χ0) is 8.65. The second-order valence-corrected chi connectivity index (χ2v) is 2.12. The lowest BCUT2D eigenvalue weighted by molar-refractivity contribution is -0.605. The van der Waals surface area contributed by atoms with Gasteiger partial charge in [-0.25, -0.2) is 0 Å². The molecule has 0 unspecified atom stereocenters. The fourth-order valence-electron chi connectivity index (χ4n) is 0.661. The fourth-order valence-corrected chi connectivity index (χ4v) is 0.661. The van der Waals surface area contributed by atoms with Crippen molar-refractivity contribution in [1.82, 2.24) is 4.98 Å². The van der Waals surface area contributed by atoms with E-state index < -0.39 is 0 Å². The normalized spacial score (nSPS) is 8.33. The van der Waals surface area contributed by atoms with E-state index in [1.54, 1.807) is 18.2 Å². The summed E-state index contributed by atoms with van der Waals surface area (Å²) in [5, 5.41) is 10.2. The van der Waals surface area contributed by atoms with Crippen LogP contribution in [0.1, 0.15) is 0 Å². The van der Waals surface area contributed by atoms with Gasteiger partial charge in [0.1, 0.15) is 0 Å². The van der Waals surface area contributed by atoms with Crippen LogP contribution < -0.4 is 4.73 Å². The average molecular weight is 162 g/mol. The summed E-state index contributed by atoms with van der Waals surface area (Å²) >= 11 is 0. The number of aromatic nitrogens is 2. The van der Waals surface area contributed by atoms with Crippen molar-refractivity contribution in [3.63, 3.8) is 0 Å². The van der Waals surface area contributed by atoms with E-state index >= 15 is 0 Å². The molecule has 2 aromatic rings. The van der Waals surface area contributed by atoms with Gasteiger partial charge in [-0.05, 0) is 12.1 Å². The average Bonchev–Trinajstić information content (AvgIpc) is 2.62. The van der Waals surface area contributed by atoms with Crippen molar-refractivity contribution in [3.05, 3.63) is 60.3 Å². The van der Waals surface area contributed by atoms with E-state index in [0.29, 0.717) is 0 Å². The second kappa shape index (κ2) is 4.96. The van der Waals surface area contributed by atoms with Crippen LogP contribution in [0.15, 0.2) is 55.1 Å². The van der Waals surface area contributed by atoms with E-state index in [4.69, 9.17) is 0 Å². The Morgan fingerprint density at radius 3 is 1.67 bits per heavy atom. The molecular weight excluding hydrogens is 152 g/mol. The molecule has 0 fully saturated rings. The third-order valence-electron chi connectivity index (χ3n) is 1.18. The minimum atomic E-state index is 0.750. The molecule has 0 spiro atoms. The summed E-state index contributed by atoms with van der Waals surface area (Å²) in [7, 11) is 0. The van der Waals surface area contributed by atoms with Crippen molar-refractivity contribution in [2.45, 2.75) is 0 Å². The SMILES string of the molecule is [O-][n+]1ccccc1.c1cc[nH]c1. The Balaban J connectivity index is 0.000000127. The van der Waals surface area contributed by atoms with Crippen molar-refractivity contribution >= 4 is 0 Å². The Morgan fingerprint density at radius 2 is 1.42 bits per heavy atom. The highest BCUT2D eigenvalue weighted by molar-refractivity contribution is 4.85. The molecule has 2 heterocycles. The van der Waals surface area contributed by atoms with Crippen LogP contribution in [-0.2, 0) is 0 Å². The van der Waals surface area contributed by atoms with Gasteiger partial charge >= 0.3 is 0 Å². The van der Waals surface area contributed by atoms with Crippen molar-refractivity contribution in [2.24, 2.45) is 0 Å². The number of nitrogens with zero attached hydrogens (tertiary/aromatic N) is 1. The van der Waals surface area contributed by atoms with Gasteiger partial charge in [0, 0.05) is 24.5 Å². The van der Waals surface area contributed by atoms with Gasteiger partial charge in [-0.15, -0.1) is 0 Å². The third-order valence-corrected chi connectivity index (χ3v) is 1.18. The van der Waals surface area contributed by atoms with E-state index in [0.717, 1.165) is 4.73 Å². The van der Waals surface area contributed by atoms with Gasteiger partial charge in [0.2, 0.25) is 0 Å². The van der Waals surface area contributed by atoms with Crippen LogP contribution in [0, 0.1) is 5.21 Å². The van der Waals surface area contributed by atoms with E-state index in [2.05, 4.69) is 4.98 Å². The van der Waals surface area contributed by atoms with Crippen LogP contribution in [0.2, 0.25) is 0 Å². The molecule has 0 amide bonds. The van der Waals surface area contributed by atoms with Crippen LogP contribution >= 0.6 is 0 Å². The van der Waals surface area contributed by atoms with E-state index in [1.165, 1.54) is 12.4 Å². The topological polar surface area (TPSA) is 42.7 Å². The zero-order valence-electron chi connectivity index (χ0n) is 6.55. The van der Waals surface area contributed by atoms with Crippen LogP contribution in [0.4, 0.5) is 0 Å². The van der Waals surface area contributed by atoms with Gasteiger partial charge in [0.05, 0.1) is 0 Å².